The molecule has 3 heteroatoms. The van der Waals surface area contributed by atoms with Crippen LogP contribution in [0.5, 0.6) is 5.19 Å². The summed E-state index contributed by atoms with van der Waals surface area (Å²) in [6, 6.07) is 0. The number of aryl methyl sites for hydroxylation is 1. The van der Waals surface area contributed by atoms with Gasteiger partial charge < -0.3 is 4.74 Å². The highest BCUT2D eigenvalue weighted by Crippen LogP contribution is 2.30. The molecule has 1 rings (SSSR count). The predicted octanol–water partition coefficient (Wildman–Crippen LogP) is 2.58. The summed E-state index contributed by atoms with van der Waals surface area (Å²) in [5.41, 5.74) is 1.10. The number of aromatic nitrogens is 1. The lowest BCUT2D eigenvalue weighted by atomic mass is 10.1. The van der Waals surface area contributed by atoms with Gasteiger partial charge in [-0.25, -0.2) is 4.98 Å². The standard InChI is InChI=1S/C8H13NOS/c1-5(2)7-6(3)9-8(10-4)11-7/h5H,1-4H3. The van der Waals surface area contributed by atoms with Gasteiger partial charge in [-0.05, 0) is 12.8 Å². The monoisotopic (exact) mass is 171 g/mol. The van der Waals surface area contributed by atoms with Gasteiger partial charge in [-0.2, -0.15) is 0 Å². The lowest BCUT2D eigenvalue weighted by Gasteiger charge is -1.98. The van der Waals surface area contributed by atoms with Crippen molar-refractivity contribution < 1.29 is 4.74 Å². The van der Waals surface area contributed by atoms with E-state index < -0.39 is 0 Å². The van der Waals surface area contributed by atoms with Crippen molar-refractivity contribution in [3.63, 3.8) is 0 Å². The molecule has 0 atom stereocenters. The highest BCUT2D eigenvalue weighted by molar-refractivity contribution is 7.13. The van der Waals surface area contributed by atoms with E-state index in [-0.39, 0.29) is 0 Å². The third-order valence-corrected chi connectivity index (χ3v) is 2.93. The molecule has 0 saturated carbocycles. The van der Waals surface area contributed by atoms with Gasteiger partial charge in [0, 0.05) is 4.88 Å². The third kappa shape index (κ3) is 1.71. The molecule has 0 saturated heterocycles. The fraction of sp³-hybridized carbons (Fsp3) is 0.625. The van der Waals surface area contributed by atoms with Gasteiger partial charge in [-0.3, -0.25) is 0 Å². The summed E-state index contributed by atoms with van der Waals surface area (Å²) < 4.78 is 5.03. The van der Waals surface area contributed by atoms with Gasteiger partial charge in [0.05, 0.1) is 12.8 Å². The van der Waals surface area contributed by atoms with Crippen molar-refractivity contribution in [1.82, 2.24) is 4.98 Å². The summed E-state index contributed by atoms with van der Waals surface area (Å²) >= 11 is 1.63. The van der Waals surface area contributed by atoms with Gasteiger partial charge >= 0.3 is 0 Å². The summed E-state index contributed by atoms with van der Waals surface area (Å²) in [7, 11) is 1.66. The first-order valence-corrected chi connectivity index (χ1v) is 4.48. The quantitative estimate of drug-likeness (QED) is 0.682. The Balaban J connectivity index is 2.97. The molecule has 0 aromatic carbocycles. The Kier molecular flexibility index (Phi) is 2.49. The Bertz CT molecular complexity index is 242. The molecule has 0 aliphatic carbocycles. The van der Waals surface area contributed by atoms with E-state index in [1.807, 2.05) is 6.92 Å². The van der Waals surface area contributed by atoms with Crippen molar-refractivity contribution in [3.05, 3.63) is 10.6 Å². The third-order valence-electron chi connectivity index (χ3n) is 1.51. The van der Waals surface area contributed by atoms with Crippen molar-refractivity contribution in [1.29, 1.82) is 0 Å². The summed E-state index contributed by atoms with van der Waals surface area (Å²) in [4.78, 5) is 5.57. The minimum Gasteiger partial charge on any atom is -0.473 e. The first kappa shape index (κ1) is 8.53. The molecule has 0 bridgehead atoms. The van der Waals surface area contributed by atoms with Crippen molar-refractivity contribution in [2.24, 2.45) is 0 Å². The summed E-state index contributed by atoms with van der Waals surface area (Å²) in [5, 5.41) is 0.770. The van der Waals surface area contributed by atoms with Gasteiger partial charge in [0.15, 0.2) is 0 Å². The van der Waals surface area contributed by atoms with Crippen LogP contribution in [0, 0.1) is 6.92 Å². The van der Waals surface area contributed by atoms with Crippen LogP contribution in [0.15, 0.2) is 0 Å². The molecule has 0 aliphatic rings. The molecule has 0 aliphatic heterocycles. The molecule has 0 fully saturated rings. The van der Waals surface area contributed by atoms with Gasteiger partial charge in [-0.1, -0.05) is 25.2 Å². The summed E-state index contributed by atoms with van der Waals surface area (Å²) in [6.07, 6.45) is 0. The van der Waals surface area contributed by atoms with E-state index >= 15 is 0 Å². The zero-order chi connectivity index (χ0) is 8.43. The largest absolute Gasteiger partial charge is 0.473 e. The molecule has 1 aromatic rings. The Labute approximate surface area is 71.2 Å². The number of thiazole rings is 1. The molecular weight excluding hydrogens is 158 g/mol. The van der Waals surface area contributed by atoms with Crippen molar-refractivity contribution >= 4 is 11.3 Å². The van der Waals surface area contributed by atoms with Crippen LogP contribution >= 0.6 is 11.3 Å². The van der Waals surface area contributed by atoms with Gasteiger partial charge in [0.25, 0.3) is 5.19 Å². The van der Waals surface area contributed by atoms with Gasteiger partial charge in [-0.15, -0.1) is 0 Å². The number of ether oxygens (including phenoxy) is 1. The van der Waals surface area contributed by atoms with Crippen LogP contribution in [-0.2, 0) is 0 Å². The van der Waals surface area contributed by atoms with E-state index in [1.165, 1.54) is 4.88 Å². The number of hydrogen-bond acceptors (Lipinski definition) is 3. The number of methoxy groups -OCH3 is 1. The van der Waals surface area contributed by atoms with E-state index in [0.717, 1.165) is 10.9 Å². The minimum atomic E-state index is 0.552. The van der Waals surface area contributed by atoms with E-state index in [9.17, 15) is 0 Å². The Hall–Kier alpha value is -0.570. The Morgan fingerprint density at radius 2 is 2.09 bits per heavy atom. The molecule has 0 radical (unpaired) electrons. The lowest BCUT2D eigenvalue weighted by molar-refractivity contribution is 0.411. The highest BCUT2D eigenvalue weighted by atomic mass is 32.1. The average Bonchev–Trinajstić information content (AvgIpc) is 2.30. The fourth-order valence-electron chi connectivity index (χ4n) is 1.01. The second kappa shape index (κ2) is 3.22. The fourth-order valence-corrected chi connectivity index (χ4v) is 1.89. The normalized spacial score (nSPS) is 10.6. The zero-order valence-electron chi connectivity index (χ0n) is 7.34. The van der Waals surface area contributed by atoms with E-state index in [0.29, 0.717) is 5.92 Å². The van der Waals surface area contributed by atoms with Gasteiger partial charge in [0.1, 0.15) is 0 Å². The number of hydrogen-bond donors (Lipinski definition) is 0. The average molecular weight is 171 g/mol. The number of nitrogens with zero attached hydrogens (tertiary/aromatic N) is 1. The maximum Gasteiger partial charge on any atom is 0.273 e. The molecular formula is C8H13NOS. The molecule has 0 amide bonds. The molecule has 11 heavy (non-hydrogen) atoms. The van der Waals surface area contributed by atoms with Crippen molar-refractivity contribution in [3.8, 4) is 5.19 Å². The molecule has 62 valence electrons. The van der Waals surface area contributed by atoms with Crippen LogP contribution in [-0.4, -0.2) is 12.1 Å². The van der Waals surface area contributed by atoms with Crippen molar-refractivity contribution in [2.75, 3.05) is 7.11 Å². The summed E-state index contributed by atoms with van der Waals surface area (Å²) in [5.74, 6) is 0.552. The molecule has 0 N–H and O–H groups in total. The number of rotatable bonds is 2. The van der Waals surface area contributed by atoms with Crippen LogP contribution < -0.4 is 4.74 Å². The van der Waals surface area contributed by atoms with E-state index in [4.69, 9.17) is 4.74 Å². The van der Waals surface area contributed by atoms with E-state index in [1.54, 1.807) is 18.4 Å². The lowest BCUT2D eigenvalue weighted by Crippen LogP contribution is -1.85. The molecule has 0 unspecified atom stereocenters. The SMILES string of the molecule is COc1nc(C)c(C(C)C)s1. The predicted molar refractivity (Wildman–Crippen MR) is 47.5 cm³/mol. The van der Waals surface area contributed by atoms with Crippen LogP contribution in [0.1, 0.15) is 30.3 Å². The maximum absolute atomic E-state index is 5.03. The van der Waals surface area contributed by atoms with Crippen molar-refractivity contribution in [2.45, 2.75) is 26.7 Å². The first-order valence-electron chi connectivity index (χ1n) is 3.66. The van der Waals surface area contributed by atoms with Crippen LogP contribution in [0.3, 0.4) is 0 Å². The molecule has 0 spiro atoms. The Morgan fingerprint density at radius 3 is 2.36 bits per heavy atom. The topological polar surface area (TPSA) is 22.1 Å². The molecule has 1 aromatic heterocycles. The molecule has 2 nitrogen and oxygen atoms in total. The second-order valence-corrected chi connectivity index (χ2v) is 3.78. The van der Waals surface area contributed by atoms with Crippen LogP contribution in [0.25, 0.3) is 0 Å². The summed E-state index contributed by atoms with van der Waals surface area (Å²) in [6.45, 7) is 6.36. The minimum absolute atomic E-state index is 0.552. The smallest absolute Gasteiger partial charge is 0.273 e. The first-order chi connectivity index (χ1) is 5.15. The molecule has 1 heterocycles. The highest BCUT2D eigenvalue weighted by Gasteiger charge is 2.09. The van der Waals surface area contributed by atoms with Gasteiger partial charge in [0.2, 0.25) is 0 Å². The zero-order valence-corrected chi connectivity index (χ0v) is 8.16. The second-order valence-electron chi connectivity index (χ2n) is 2.79. The Morgan fingerprint density at radius 1 is 1.45 bits per heavy atom. The maximum atomic E-state index is 5.03. The van der Waals surface area contributed by atoms with Crippen LogP contribution in [0.4, 0.5) is 0 Å². The van der Waals surface area contributed by atoms with E-state index in [2.05, 4.69) is 18.8 Å². The van der Waals surface area contributed by atoms with Crippen LogP contribution in [0.2, 0.25) is 0 Å².